The minimum atomic E-state index is 0.407. The van der Waals surface area contributed by atoms with Crippen molar-refractivity contribution < 1.29 is 9.53 Å². The Labute approximate surface area is 169 Å². The molecular weight excluding hydrogens is 350 g/mol. The van der Waals surface area contributed by atoms with Gasteiger partial charge in [0.15, 0.2) is 0 Å². The molecule has 1 aliphatic carbocycles. The number of methoxy groups -OCH3 is 1. The Balaban J connectivity index is 1.29. The maximum Gasteiger partial charge on any atom is 0.222 e. The van der Waals surface area contributed by atoms with Gasteiger partial charge in [0.25, 0.3) is 0 Å². The molecule has 1 saturated carbocycles. The fraction of sp³-hybridized carbons (Fsp3) is 0.696. The highest BCUT2D eigenvalue weighted by Gasteiger charge is 2.31. The van der Waals surface area contributed by atoms with Crippen molar-refractivity contribution in [2.24, 2.45) is 5.92 Å². The van der Waals surface area contributed by atoms with Gasteiger partial charge in [-0.05, 0) is 43.7 Å². The van der Waals surface area contributed by atoms with Crippen molar-refractivity contribution in [2.75, 3.05) is 51.3 Å². The third kappa shape index (κ3) is 4.45. The summed E-state index contributed by atoms with van der Waals surface area (Å²) < 4.78 is 5.54. The molecule has 0 bridgehead atoms. The molecule has 5 nitrogen and oxygen atoms in total. The summed E-state index contributed by atoms with van der Waals surface area (Å²) >= 11 is 0. The van der Waals surface area contributed by atoms with Gasteiger partial charge in [0.1, 0.15) is 5.75 Å². The second-order valence-corrected chi connectivity index (χ2v) is 8.69. The van der Waals surface area contributed by atoms with Gasteiger partial charge < -0.3 is 14.5 Å². The predicted molar refractivity (Wildman–Crippen MR) is 113 cm³/mol. The number of carbonyl (C=O) groups excluding carboxylic acids is 1. The zero-order valence-corrected chi connectivity index (χ0v) is 17.3. The zero-order valence-electron chi connectivity index (χ0n) is 17.3. The number of hydrogen-bond donors (Lipinski definition) is 0. The molecule has 3 aliphatic rings. The number of anilines is 1. The maximum absolute atomic E-state index is 12.8. The van der Waals surface area contributed by atoms with Crippen molar-refractivity contribution in [3.63, 3.8) is 0 Å². The smallest absolute Gasteiger partial charge is 0.222 e. The second-order valence-electron chi connectivity index (χ2n) is 8.69. The Kier molecular flexibility index (Phi) is 6.40. The Bertz CT molecular complexity index is 651. The number of piperazine rings is 1. The molecule has 1 aromatic carbocycles. The lowest BCUT2D eigenvalue weighted by atomic mass is 9.99. The number of carbonyl (C=O) groups is 1. The van der Waals surface area contributed by atoms with Crippen LogP contribution in [0.5, 0.6) is 5.75 Å². The summed E-state index contributed by atoms with van der Waals surface area (Å²) in [6.07, 6.45) is 8.31. The molecule has 2 saturated heterocycles. The molecule has 0 aromatic heterocycles. The third-order valence-electron chi connectivity index (χ3n) is 6.94. The highest BCUT2D eigenvalue weighted by Crippen LogP contribution is 2.30. The molecular formula is C23H35N3O2. The summed E-state index contributed by atoms with van der Waals surface area (Å²) in [6.45, 7) is 6.06. The van der Waals surface area contributed by atoms with E-state index in [0.717, 1.165) is 57.9 Å². The highest BCUT2D eigenvalue weighted by atomic mass is 16.5. The Morgan fingerprint density at radius 1 is 1.00 bits per heavy atom. The summed E-state index contributed by atoms with van der Waals surface area (Å²) in [7, 11) is 1.74. The standard InChI is InChI=1S/C23H35N3O2/c1-28-22-11-5-4-10-21(22)25-15-13-24(14-16-25)20-9-6-12-26(18-20)23(27)17-19-7-2-3-8-19/h4-5,10-11,19-20H,2-3,6-9,12-18H2,1H3/t20-/m0/s1. The summed E-state index contributed by atoms with van der Waals surface area (Å²) in [5.41, 5.74) is 1.20. The van der Waals surface area contributed by atoms with E-state index >= 15 is 0 Å². The molecule has 0 unspecified atom stereocenters. The van der Waals surface area contributed by atoms with Crippen LogP contribution in [0.25, 0.3) is 0 Å². The van der Waals surface area contributed by atoms with Crippen molar-refractivity contribution in [1.82, 2.24) is 9.80 Å². The van der Waals surface area contributed by atoms with Gasteiger partial charge in [-0.15, -0.1) is 0 Å². The molecule has 0 radical (unpaired) electrons. The van der Waals surface area contributed by atoms with Crippen LogP contribution in [-0.4, -0.2) is 68.1 Å². The van der Waals surface area contributed by atoms with Crippen LogP contribution >= 0.6 is 0 Å². The van der Waals surface area contributed by atoms with E-state index in [9.17, 15) is 4.79 Å². The van der Waals surface area contributed by atoms with Crippen molar-refractivity contribution in [3.05, 3.63) is 24.3 Å². The summed E-state index contributed by atoms with van der Waals surface area (Å²) in [4.78, 5) is 20.0. The zero-order chi connectivity index (χ0) is 19.3. The van der Waals surface area contributed by atoms with Gasteiger partial charge in [-0.25, -0.2) is 0 Å². The van der Waals surface area contributed by atoms with Crippen LogP contribution in [0.1, 0.15) is 44.9 Å². The molecule has 4 rings (SSSR count). The van der Waals surface area contributed by atoms with Crippen LogP contribution in [0.3, 0.4) is 0 Å². The minimum absolute atomic E-state index is 0.407. The van der Waals surface area contributed by atoms with Gasteiger partial charge in [-0.1, -0.05) is 25.0 Å². The van der Waals surface area contributed by atoms with Gasteiger partial charge in [0.05, 0.1) is 12.8 Å². The molecule has 1 aromatic rings. The second kappa shape index (κ2) is 9.17. The van der Waals surface area contributed by atoms with Crippen LogP contribution < -0.4 is 9.64 Å². The monoisotopic (exact) mass is 385 g/mol. The van der Waals surface area contributed by atoms with Gasteiger partial charge in [-0.2, -0.15) is 0 Å². The molecule has 1 amide bonds. The number of ether oxygens (including phenoxy) is 1. The van der Waals surface area contributed by atoms with Gasteiger partial charge in [-0.3, -0.25) is 9.69 Å². The average molecular weight is 386 g/mol. The van der Waals surface area contributed by atoms with Gasteiger partial charge >= 0.3 is 0 Å². The largest absolute Gasteiger partial charge is 0.495 e. The van der Waals surface area contributed by atoms with E-state index in [-0.39, 0.29) is 0 Å². The van der Waals surface area contributed by atoms with Crippen molar-refractivity contribution >= 4 is 11.6 Å². The predicted octanol–water partition coefficient (Wildman–Crippen LogP) is 3.39. The normalized spacial score (nSPS) is 24.5. The number of nitrogens with zero attached hydrogens (tertiary/aromatic N) is 3. The number of para-hydroxylation sites is 2. The van der Waals surface area contributed by atoms with E-state index in [2.05, 4.69) is 26.8 Å². The number of piperidine rings is 1. The van der Waals surface area contributed by atoms with Crippen LogP contribution in [0.4, 0.5) is 5.69 Å². The topological polar surface area (TPSA) is 36.0 Å². The number of likely N-dealkylation sites (tertiary alicyclic amines) is 1. The molecule has 1 atom stereocenters. The molecule has 3 fully saturated rings. The fourth-order valence-electron chi connectivity index (χ4n) is 5.29. The van der Waals surface area contributed by atoms with E-state index in [1.165, 1.54) is 37.8 Å². The Morgan fingerprint density at radius 3 is 2.50 bits per heavy atom. The Hall–Kier alpha value is -1.75. The van der Waals surface area contributed by atoms with E-state index < -0.39 is 0 Å². The lowest BCUT2D eigenvalue weighted by molar-refractivity contribution is -0.134. The molecule has 2 heterocycles. The molecule has 28 heavy (non-hydrogen) atoms. The van der Waals surface area contributed by atoms with Crippen LogP contribution in [-0.2, 0) is 4.79 Å². The van der Waals surface area contributed by atoms with Crippen LogP contribution in [0.2, 0.25) is 0 Å². The first-order valence-electron chi connectivity index (χ1n) is 11.1. The number of amides is 1. The molecule has 5 heteroatoms. The Morgan fingerprint density at radius 2 is 1.75 bits per heavy atom. The van der Waals surface area contributed by atoms with Crippen molar-refractivity contribution in [2.45, 2.75) is 51.0 Å². The third-order valence-corrected chi connectivity index (χ3v) is 6.94. The first-order valence-corrected chi connectivity index (χ1v) is 11.1. The van der Waals surface area contributed by atoms with E-state index in [0.29, 0.717) is 17.9 Å². The van der Waals surface area contributed by atoms with E-state index in [4.69, 9.17) is 4.74 Å². The fourth-order valence-corrected chi connectivity index (χ4v) is 5.29. The molecule has 0 N–H and O–H groups in total. The van der Waals surface area contributed by atoms with Crippen molar-refractivity contribution in [1.29, 1.82) is 0 Å². The van der Waals surface area contributed by atoms with Gasteiger partial charge in [0.2, 0.25) is 5.91 Å². The summed E-state index contributed by atoms with van der Waals surface area (Å²) in [6, 6.07) is 8.83. The quantitative estimate of drug-likeness (QED) is 0.778. The maximum atomic E-state index is 12.8. The first-order chi connectivity index (χ1) is 13.7. The summed E-state index contributed by atoms with van der Waals surface area (Å²) in [5.74, 6) is 2.01. The first kappa shape index (κ1) is 19.6. The molecule has 0 spiro atoms. The van der Waals surface area contributed by atoms with Crippen molar-refractivity contribution in [3.8, 4) is 5.75 Å². The SMILES string of the molecule is COc1ccccc1N1CCN([C@H]2CCCN(C(=O)CC3CCCC3)C2)CC1. The lowest BCUT2D eigenvalue weighted by Crippen LogP contribution is -2.56. The number of benzene rings is 1. The average Bonchev–Trinajstić information content (AvgIpc) is 3.27. The summed E-state index contributed by atoms with van der Waals surface area (Å²) in [5, 5.41) is 0. The van der Waals surface area contributed by atoms with E-state index in [1.54, 1.807) is 7.11 Å². The van der Waals surface area contributed by atoms with Gasteiger partial charge in [0, 0.05) is 51.7 Å². The van der Waals surface area contributed by atoms with Crippen LogP contribution in [0.15, 0.2) is 24.3 Å². The lowest BCUT2D eigenvalue weighted by Gasteiger charge is -2.44. The number of rotatable bonds is 5. The molecule has 2 aliphatic heterocycles. The number of hydrogen-bond acceptors (Lipinski definition) is 4. The minimum Gasteiger partial charge on any atom is -0.495 e. The van der Waals surface area contributed by atoms with E-state index in [1.807, 2.05) is 12.1 Å². The molecule has 154 valence electrons. The highest BCUT2D eigenvalue weighted by molar-refractivity contribution is 5.76. The van der Waals surface area contributed by atoms with Crippen LogP contribution in [0, 0.1) is 5.92 Å².